The van der Waals surface area contributed by atoms with Gasteiger partial charge < -0.3 is 9.47 Å². The fourth-order valence-corrected chi connectivity index (χ4v) is 5.26. The smallest absolute Gasteiger partial charge is 0.370 e. The SMILES string of the molecule is CC(=O)COC1CCC(C(C2CCC(OCC(C)=O)CC2)(C(F)(F)F)C(F)(F)F)CC1. The number of carbonyl (C=O) groups is 2. The molecule has 0 aliphatic heterocycles. The van der Waals surface area contributed by atoms with Crippen LogP contribution in [-0.2, 0) is 19.1 Å². The monoisotopic (exact) mass is 460 g/mol. The van der Waals surface area contributed by atoms with E-state index in [-0.39, 0.29) is 76.1 Å². The summed E-state index contributed by atoms with van der Waals surface area (Å²) in [6.07, 6.45) is -12.7. The Morgan fingerprint density at radius 1 is 0.645 bits per heavy atom. The molecule has 4 nitrogen and oxygen atoms in total. The van der Waals surface area contributed by atoms with E-state index in [0.717, 1.165) is 0 Å². The van der Waals surface area contributed by atoms with Crippen molar-refractivity contribution < 1.29 is 45.4 Å². The van der Waals surface area contributed by atoms with Crippen LogP contribution >= 0.6 is 0 Å². The molecule has 0 unspecified atom stereocenters. The Morgan fingerprint density at radius 2 is 0.935 bits per heavy atom. The highest BCUT2D eigenvalue weighted by Crippen LogP contribution is 2.64. The van der Waals surface area contributed by atoms with Gasteiger partial charge in [-0.15, -0.1) is 0 Å². The topological polar surface area (TPSA) is 52.6 Å². The number of ether oxygens (including phenoxy) is 2. The lowest BCUT2D eigenvalue weighted by Gasteiger charge is -2.51. The van der Waals surface area contributed by atoms with Crippen LogP contribution in [0.15, 0.2) is 0 Å². The summed E-state index contributed by atoms with van der Waals surface area (Å²) in [4.78, 5) is 22.1. The molecule has 0 bridgehead atoms. The summed E-state index contributed by atoms with van der Waals surface area (Å²) in [5.74, 6) is -3.68. The first-order valence-corrected chi connectivity index (χ1v) is 10.6. The van der Waals surface area contributed by atoms with Crippen molar-refractivity contribution in [2.24, 2.45) is 17.3 Å². The molecule has 0 aromatic carbocycles. The van der Waals surface area contributed by atoms with Crippen LogP contribution in [0.1, 0.15) is 65.2 Å². The lowest BCUT2D eigenvalue weighted by molar-refractivity contribution is -0.383. The predicted octanol–water partition coefficient (Wildman–Crippen LogP) is 5.43. The third-order valence-electron chi connectivity index (χ3n) is 6.62. The number of carbonyl (C=O) groups excluding carboxylic acids is 2. The van der Waals surface area contributed by atoms with Gasteiger partial charge >= 0.3 is 12.4 Å². The van der Waals surface area contributed by atoms with Crippen molar-refractivity contribution >= 4 is 11.6 Å². The number of halogens is 6. The lowest BCUT2D eigenvalue weighted by Crippen LogP contribution is -2.61. The number of ketones is 2. The van der Waals surface area contributed by atoms with E-state index in [1.54, 1.807) is 0 Å². The van der Waals surface area contributed by atoms with E-state index in [9.17, 15) is 35.9 Å². The van der Waals surface area contributed by atoms with Crippen molar-refractivity contribution in [1.29, 1.82) is 0 Å². The van der Waals surface area contributed by atoms with Gasteiger partial charge in [0.15, 0.2) is 17.0 Å². The molecule has 0 heterocycles. The maximum Gasteiger partial charge on any atom is 0.403 e. The Kier molecular flexibility index (Phi) is 8.58. The van der Waals surface area contributed by atoms with Gasteiger partial charge in [0, 0.05) is 0 Å². The van der Waals surface area contributed by atoms with Gasteiger partial charge in [-0.3, -0.25) is 9.59 Å². The highest BCUT2D eigenvalue weighted by atomic mass is 19.4. The van der Waals surface area contributed by atoms with Crippen molar-refractivity contribution in [2.45, 2.75) is 89.8 Å². The predicted molar refractivity (Wildman–Crippen MR) is 99.3 cm³/mol. The third kappa shape index (κ3) is 6.00. The molecule has 0 aromatic rings. The fourth-order valence-electron chi connectivity index (χ4n) is 5.26. The van der Waals surface area contributed by atoms with Gasteiger partial charge in [0.05, 0.1) is 12.2 Å². The van der Waals surface area contributed by atoms with Gasteiger partial charge in [-0.2, -0.15) is 26.3 Å². The Balaban J connectivity index is 2.20. The van der Waals surface area contributed by atoms with Crippen LogP contribution in [0, 0.1) is 17.3 Å². The van der Waals surface area contributed by atoms with E-state index in [0.29, 0.717) is 0 Å². The van der Waals surface area contributed by atoms with E-state index in [2.05, 4.69) is 0 Å². The number of Topliss-reactive ketones (excluding diaryl/α,β-unsaturated/α-hetero) is 2. The zero-order chi connectivity index (χ0) is 23.4. The standard InChI is InChI=1S/C21H30F6O4/c1-13(28)11-30-17-7-3-15(4-8-17)19(20(22,23)24,21(25,26)27)16-5-9-18(10-6-16)31-12-14(2)29/h15-18H,3-12H2,1-2H3. The lowest BCUT2D eigenvalue weighted by atomic mass is 9.57. The molecule has 2 fully saturated rings. The second-order valence-corrected chi connectivity index (χ2v) is 8.84. The molecule has 0 spiro atoms. The molecule has 0 atom stereocenters. The minimum Gasteiger partial charge on any atom is -0.370 e. The highest BCUT2D eigenvalue weighted by Gasteiger charge is 2.76. The van der Waals surface area contributed by atoms with Gasteiger partial charge in [-0.25, -0.2) is 0 Å². The van der Waals surface area contributed by atoms with Crippen LogP contribution in [0.2, 0.25) is 0 Å². The van der Waals surface area contributed by atoms with Gasteiger partial charge in [-0.05, 0) is 77.0 Å². The van der Waals surface area contributed by atoms with Crippen molar-refractivity contribution in [3.05, 3.63) is 0 Å². The van der Waals surface area contributed by atoms with E-state index in [4.69, 9.17) is 9.47 Å². The van der Waals surface area contributed by atoms with Crippen molar-refractivity contribution in [3.8, 4) is 0 Å². The quantitative estimate of drug-likeness (QED) is 0.454. The largest absolute Gasteiger partial charge is 0.403 e. The molecule has 180 valence electrons. The van der Waals surface area contributed by atoms with Gasteiger partial charge in [0.2, 0.25) is 0 Å². The normalized spacial score (nSPS) is 28.4. The first kappa shape index (κ1) is 26.1. The summed E-state index contributed by atoms with van der Waals surface area (Å²) in [5.41, 5.74) is -3.78. The number of hydrogen-bond acceptors (Lipinski definition) is 4. The molecule has 31 heavy (non-hydrogen) atoms. The molecule has 0 amide bonds. The van der Waals surface area contributed by atoms with Gasteiger partial charge in [0.1, 0.15) is 13.2 Å². The van der Waals surface area contributed by atoms with Crippen molar-refractivity contribution in [1.82, 2.24) is 0 Å². The minimum atomic E-state index is -5.44. The van der Waals surface area contributed by atoms with Crippen LogP contribution in [-0.4, -0.2) is 49.3 Å². The summed E-state index contributed by atoms with van der Waals surface area (Å²) < 4.78 is 96.3. The van der Waals surface area contributed by atoms with Crippen LogP contribution in [0.4, 0.5) is 26.3 Å². The molecule has 10 heteroatoms. The molecule has 0 aromatic heterocycles. The molecular weight excluding hydrogens is 430 g/mol. The van der Waals surface area contributed by atoms with E-state index >= 15 is 0 Å². The zero-order valence-corrected chi connectivity index (χ0v) is 17.8. The molecule has 0 radical (unpaired) electrons. The first-order chi connectivity index (χ1) is 14.3. The molecule has 0 N–H and O–H groups in total. The van der Waals surface area contributed by atoms with Crippen molar-refractivity contribution in [2.75, 3.05) is 13.2 Å². The van der Waals surface area contributed by atoms with Crippen molar-refractivity contribution in [3.63, 3.8) is 0 Å². The molecule has 0 saturated heterocycles. The Hall–Kier alpha value is -1.16. The van der Waals surface area contributed by atoms with Gasteiger partial charge in [0.25, 0.3) is 0 Å². The summed E-state index contributed by atoms with van der Waals surface area (Å²) in [6, 6.07) is 0. The summed E-state index contributed by atoms with van der Waals surface area (Å²) >= 11 is 0. The fraction of sp³-hybridized carbons (Fsp3) is 0.905. The van der Waals surface area contributed by atoms with Crippen LogP contribution < -0.4 is 0 Å². The summed E-state index contributed by atoms with van der Waals surface area (Å²) in [5, 5.41) is 0. The Morgan fingerprint density at radius 3 is 1.16 bits per heavy atom. The number of hydrogen-bond donors (Lipinski definition) is 0. The molecule has 2 rings (SSSR count). The molecule has 2 saturated carbocycles. The van der Waals surface area contributed by atoms with Crippen LogP contribution in [0.5, 0.6) is 0 Å². The van der Waals surface area contributed by atoms with E-state index < -0.39 is 41.8 Å². The zero-order valence-electron chi connectivity index (χ0n) is 17.8. The second-order valence-electron chi connectivity index (χ2n) is 8.84. The maximum atomic E-state index is 14.3. The van der Waals surface area contributed by atoms with E-state index in [1.807, 2.05) is 0 Å². The molecule has 2 aliphatic rings. The van der Waals surface area contributed by atoms with Gasteiger partial charge in [-0.1, -0.05) is 0 Å². The molecular formula is C21H30F6O4. The van der Waals surface area contributed by atoms with Crippen LogP contribution in [0.25, 0.3) is 0 Å². The number of rotatable bonds is 8. The first-order valence-electron chi connectivity index (χ1n) is 10.6. The van der Waals surface area contributed by atoms with E-state index in [1.165, 1.54) is 13.8 Å². The third-order valence-corrected chi connectivity index (χ3v) is 6.62. The second kappa shape index (κ2) is 10.2. The average Bonchev–Trinajstić information content (AvgIpc) is 2.65. The maximum absolute atomic E-state index is 14.3. The Bertz CT molecular complexity index is 560. The summed E-state index contributed by atoms with van der Waals surface area (Å²) in [6.45, 7) is 2.23. The Labute approximate surface area is 178 Å². The minimum absolute atomic E-state index is 0.0585. The number of alkyl halides is 6. The highest BCUT2D eigenvalue weighted by molar-refractivity contribution is 5.77. The van der Waals surface area contributed by atoms with Crippen LogP contribution in [0.3, 0.4) is 0 Å². The average molecular weight is 460 g/mol. The molecule has 2 aliphatic carbocycles. The summed E-state index contributed by atoms with van der Waals surface area (Å²) in [7, 11) is 0.